The van der Waals surface area contributed by atoms with Crippen molar-refractivity contribution in [2.45, 2.75) is 52.1 Å². The fraction of sp³-hybridized carbons (Fsp3) is 0.571. The zero-order valence-corrected chi connectivity index (χ0v) is 11.7. The molecule has 0 aliphatic heterocycles. The molecule has 0 unspecified atom stereocenters. The van der Waals surface area contributed by atoms with E-state index in [2.05, 4.69) is 13.8 Å². The molecule has 1 aromatic rings. The summed E-state index contributed by atoms with van der Waals surface area (Å²) in [6.45, 7) is 4.26. The number of hydrogen-bond donors (Lipinski definition) is 2. The van der Waals surface area contributed by atoms with E-state index in [9.17, 15) is 0 Å². The second-order valence-electron chi connectivity index (χ2n) is 4.69. The van der Waals surface area contributed by atoms with E-state index in [1.165, 1.54) is 25.7 Å². The summed E-state index contributed by atoms with van der Waals surface area (Å²) in [7, 11) is -1.79. The normalized spacial score (nSPS) is 12.0. The third kappa shape index (κ3) is 7.08. The van der Waals surface area contributed by atoms with Gasteiger partial charge in [0.25, 0.3) is 0 Å². The van der Waals surface area contributed by atoms with Gasteiger partial charge in [0.2, 0.25) is 0 Å². The molecule has 1 rings (SSSR count). The molecule has 0 saturated heterocycles. The lowest BCUT2D eigenvalue weighted by molar-refractivity contribution is 0.206. The number of unbranched alkanes of at least 4 members (excludes halogenated alkanes) is 3. The molecule has 0 amide bonds. The quantitative estimate of drug-likeness (QED) is 0.533. The first kappa shape index (κ1) is 15.9. The van der Waals surface area contributed by atoms with Crippen molar-refractivity contribution < 1.29 is 19.4 Å². The highest BCUT2D eigenvalue weighted by Crippen LogP contribution is 2.20. The largest absolute Gasteiger partial charge is 0.707 e. The molecule has 1 aromatic carbocycles. The van der Waals surface area contributed by atoms with Crippen molar-refractivity contribution in [2.75, 3.05) is 0 Å². The van der Waals surface area contributed by atoms with Crippen LogP contribution in [0.15, 0.2) is 24.3 Å². The third-order valence-electron chi connectivity index (χ3n) is 2.87. The van der Waals surface area contributed by atoms with E-state index in [1.54, 1.807) is 24.3 Å². The molecular formula is C14H23BO4. The summed E-state index contributed by atoms with van der Waals surface area (Å²) in [5.74, 6) is 1.17. The van der Waals surface area contributed by atoms with Gasteiger partial charge >= 0.3 is 7.32 Å². The summed E-state index contributed by atoms with van der Waals surface area (Å²) >= 11 is 0. The Morgan fingerprint density at radius 3 is 2.26 bits per heavy atom. The van der Waals surface area contributed by atoms with Crippen molar-refractivity contribution in [3.63, 3.8) is 0 Å². The van der Waals surface area contributed by atoms with Gasteiger partial charge in [-0.2, -0.15) is 0 Å². The van der Waals surface area contributed by atoms with Gasteiger partial charge in [-0.25, -0.2) is 0 Å². The zero-order valence-electron chi connectivity index (χ0n) is 11.7. The third-order valence-corrected chi connectivity index (χ3v) is 2.87. The summed E-state index contributed by atoms with van der Waals surface area (Å²) in [6.07, 6.45) is 6.20. The van der Waals surface area contributed by atoms with Crippen LogP contribution in [0.5, 0.6) is 11.5 Å². The highest BCUT2D eigenvalue weighted by Gasteiger charge is 2.11. The van der Waals surface area contributed by atoms with Crippen LogP contribution in [0.25, 0.3) is 0 Å². The highest BCUT2D eigenvalue weighted by molar-refractivity contribution is 6.33. The molecule has 0 radical (unpaired) electrons. The Bertz CT molecular complexity index is 340. The SMILES string of the molecule is CCCCCC[C@@H](C)Oc1ccc(OB(O)O)cc1. The molecule has 1 atom stereocenters. The van der Waals surface area contributed by atoms with Crippen molar-refractivity contribution >= 4 is 7.32 Å². The van der Waals surface area contributed by atoms with Crippen LogP contribution in [0.4, 0.5) is 0 Å². The smallest absolute Gasteiger partial charge is 0.512 e. The molecule has 0 aromatic heterocycles. The number of rotatable bonds is 9. The van der Waals surface area contributed by atoms with E-state index < -0.39 is 7.32 Å². The van der Waals surface area contributed by atoms with Crippen LogP contribution in [0, 0.1) is 0 Å². The Labute approximate surface area is 115 Å². The van der Waals surface area contributed by atoms with Crippen molar-refractivity contribution in [1.82, 2.24) is 0 Å². The predicted molar refractivity (Wildman–Crippen MR) is 76.1 cm³/mol. The van der Waals surface area contributed by atoms with Crippen molar-refractivity contribution in [3.05, 3.63) is 24.3 Å². The molecule has 5 heteroatoms. The van der Waals surface area contributed by atoms with Gasteiger partial charge in [0.05, 0.1) is 6.10 Å². The summed E-state index contributed by atoms with van der Waals surface area (Å²) in [4.78, 5) is 0. The fourth-order valence-electron chi connectivity index (χ4n) is 1.87. The summed E-state index contributed by atoms with van der Waals surface area (Å²) in [6, 6.07) is 6.83. The van der Waals surface area contributed by atoms with Crippen molar-refractivity contribution in [2.24, 2.45) is 0 Å². The summed E-state index contributed by atoms with van der Waals surface area (Å²) < 4.78 is 10.5. The van der Waals surface area contributed by atoms with Gasteiger partial charge in [0.15, 0.2) is 0 Å². The molecule has 0 fully saturated rings. The number of benzene rings is 1. The highest BCUT2D eigenvalue weighted by atomic mass is 16.6. The number of hydrogen-bond acceptors (Lipinski definition) is 4. The van der Waals surface area contributed by atoms with Crippen LogP contribution in [0.1, 0.15) is 46.0 Å². The molecule has 0 saturated carbocycles. The van der Waals surface area contributed by atoms with E-state index in [-0.39, 0.29) is 6.10 Å². The average Bonchev–Trinajstić information content (AvgIpc) is 2.36. The summed E-state index contributed by atoms with van der Waals surface area (Å²) in [5, 5.41) is 17.3. The first-order chi connectivity index (χ1) is 9.11. The van der Waals surface area contributed by atoms with Crippen LogP contribution in [-0.4, -0.2) is 23.5 Å². The maximum Gasteiger partial charge on any atom is 0.707 e. The molecule has 0 spiro atoms. The topological polar surface area (TPSA) is 58.9 Å². The molecule has 0 aliphatic carbocycles. The lowest BCUT2D eigenvalue weighted by atomic mass is 10.1. The molecule has 0 aliphatic rings. The van der Waals surface area contributed by atoms with Crippen LogP contribution in [0.3, 0.4) is 0 Å². The van der Waals surface area contributed by atoms with E-state index >= 15 is 0 Å². The minimum Gasteiger partial charge on any atom is -0.512 e. The maximum absolute atomic E-state index is 8.66. The fourth-order valence-corrected chi connectivity index (χ4v) is 1.87. The second-order valence-corrected chi connectivity index (χ2v) is 4.69. The summed E-state index contributed by atoms with van der Waals surface area (Å²) in [5.41, 5.74) is 0. The van der Waals surface area contributed by atoms with E-state index in [0.717, 1.165) is 12.2 Å². The first-order valence-corrected chi connectivity index (χ1v) is 6.91. The Morgan fingerprint density at radius 1 is 1.05 bits per heavy atom. The van der Waals surface area contributed by atoms with E-state index in [4.69, 9.17) is 19.4 Å². The average molecular weight is 266 g/mol. The van der Waals surface area contributed by atoms with Gasteiger partial charge in [-0.15, -0.1) is 0 Å². The zero-order chi connectivity index (χ0) is 14.1. The van der Waals surface area contributed by atoms with Crippen LogP contribution in [0.2, 0.25) is 0 Å². The Balaban J connectivity index is 2.31. The standard InChI is InChI=1S/C14H23BO4/c1-3-4-5-6-7-12(2)18-13-8-10-14(11-9-13)19-15(16)17/h8-12,16-17H,3-7H2,1-2H3/t12-/m1/s1. The van der Waals surface area contributed by atoms with Crippen LogP contribution >= 0.6 is 0 Å². The van der Waals surface area contributed by atoms with Crippen LogP contribution in [-0.2, 0) is 0 Å². The van der Waals surface area contributed by atoms with Crippen molar-refractivity contribution in [3.8, 4) is 11.5 Å². The first-order valence-electron chi connectivity index (χ1n) is 6.91. The van der Waals surface area contributed by atoms with Gasteiger partial charge in [0, 0.05) is 0 Å². The van der Waals surface area contributed by atoms with E-state index in [1.807, 2.05) is 0 Å². The van der Waals surface area contributed by atoms with Crippen molar-refractivity contribution in [1.29, 1.82) is 0 Å². The van der Waals surface area contributed by atoms with Gasteiger partial charge < -0.3 is 19.4 Å². The molecule has 106 valence electrons. The lowest BCUT2D eigenvalue weighted by Gasteiger charge is -2.15. The lowest BCUT2D eigenvalue weighted by Crippen LogP contribution is -2.20. The molecule has 19 heavy (non-hydrogen) atoms. The minimum atomic E-state index is -1.79. The molecular weight excluding hydrogens is 243 g/mol. The monoisotopic (exact) mass is 266 g/mol. The molecule has 2 N–H and O–H groups in total. The predicted octanol–water partition coefficient (Wildman–Crippen LogP) is 2.77. The minimum absolute atomic E-state index is 0.187. The Morgan fingerprint density at radius 2 is 1.68 bits per heavy atom. The Kier molecular flexibility index (Phi) is 7.37. The second kappa shape index (κ2) is 8.83. The number of ether oxygens (including phenoxy) is 1. The van der Waals surface area contributed by atoms with E-state index in [0.29, 0.717) is 5.75 Å². The van der Waals surface area contributed by atoms with Gasteiger partial charge in [-0.05, 0) is 44.0 Å². The van der Waals surface area contributed by atoms with Gasteiger partial charge in [0.1, 0.15) is 11.5 Å². The Hall–Kier alpha value is -1.20. The molecule has 4 nitrogen and oxygen atoms in total. The maximum atomic E-state index is 8.66. The molecule has 0 heterocycles. The molecule has 0 bridgehead atoms. The van der Waals surface area contributed by atoms with Gasteiger partial charge in [-0.3, -0.25) is 0 Å². The van der Waals surface area contributed by atoms with Crippen LogP contribution < -0.4 is 9.39 Å². The van der Waals surface area contributed by atoms with Gasteiger partial charge in [-0.1, -0.05) is 26.2 Å².